The first-order valence-electron chi connectivity index (χ1n) is 12.6. The highest BCUT2D eigenvalue weighted by Crippen LogP contribution is 2.62. The van der Waals surface area contributed by atoms with Gasteiger partial charge in [0.25, 0.3) is 0 Å². The van der Waals surface area contributed by atoms with Crippen LogP contribution in [0.5, 0.6) is 0 Å². The average molecular weight is 608 g/mol. The van der Waals surface area contributed by atoms with Crippen molar-refractivity contribution >= 4 is 46.1 Å². The lowest BCUT2D eigenvalue weighted by Crippen LogP contribution is -2.28. The van der Waals surface area contributed by atoms with Gasteiger partial charge in [0.1, 0.15) is 16.8 Å². The van der Waals surface area contributed by atoms with E-state index in [0.717, 1.165) is 26.4 Å². The van der Waals surface area contributed by atoms with Crippen LogP contribution in [-0.2, 0) is 34.5 Å². The van der Waals surface area contributed by atoms with E-state index >= 15 is 0 Å². The summed E-state index contributed by atoms with van der Waals surface area (Å²) >= 11 is 0. The highest BCUT2D eigenvalue weighted by Gasteiger charge is 2.50. The van der Waals surface area contributed by atoms with Crippen molar-refractivity contribution in [3.63, 3.8) is 0 Å². The fourth-order valence-corrected chi connectivity index (χ4v) is 10.2. The van der Waals surface area contributed by atoms with E-state index in [1.807, 2.05) is 12.1 Å². The van der Waals surface area contributed by atoms with Crippen LogP contribution in [0.2, 0.25) is 0 Å². The minimum absolute atomic E-state index is 0.141. The standard InChI is InChI=1S/C31H28O9PS/c1-37-29(32)23-16-14-22(15-17-23)21-41(26-10-6-4-7-11-26,27-12-8-5-9-13-27)40-42(35,36)28-19-24(30(33)38-2)18-25(20-28)31(34)39-3/h4-20H,21H2,1-3H3/q+1. The van der Waals surface area contributed by atoms with E-state index in [0.29, 0.717) is 21.7 Å². The molecule has 0 radical (unpaired) electrons. The zero-order valence-electron chi connectivity index (χ0n) is 23.1. The molecule has 0 bridgehead atoms. The predicted octanol–water partition coefficient (Wildman–Crippen LogP) is 4.54. The quantitative estimate of drug-likeness (QED) is 0.145. The lowest BCUT2D eigenvalue weighted by Gasteiger charge is -2.25. The predicted molar refractivity (Wildman–Crippen MR) is 158 cm³/mol. The summed E-state index contributed by atoms with van der Waals surface area (Å²) in [5.74, 6) is -2.18. The number of carbonyl (C=O) groups is 3. The number of hydrogen-bond acceptors (Lipinski definition) is 9. The SMILES string of the molecule is COC(=O)c1ccc(C[P+](OS(=O)(=O)c2cc(C(=O)OC)cc(C(=O)OC)c2)(c2ccccc2)c2ccccc2)cc1. The Balaban J connectivity index is 1.92. The van der Waals surface area contributed by atoms with Crippen LogP contribution in [0, 0.1) is 0 Å². The molecule has 4 aromatic carbocycles. The van der Waals surface area contributed by atoms with Crippen LogP contribution in [0.25, 0.3) is 0 Å². The van der Waals surface area contributed by atoms with Crippen LogP contribution in [0.1, 0.15) is 36.6 Å². The summed E-state index contributed by atoms with van der Waals surface area (Å²) in [6, 6.07) is 28.0. The first kappa shape index (κ1) is 30.6. The zero-order valence-corrected chi connectivity index (χ0v) is 24.8. The molecule has 0 spiro atoms. The Morgan fingerprint density at radius 2 is 1.02 bits per heavy atom. The van der Waals surface area contributed by atoms with Crippen molar-refractivity contribution in [2.45, 2.75) is 11.1 Å². The van der Waals surface area contributed by atoms with Gasteiger partial charge in [-0.3, -0.25) is 0 Å². The summed E-state index contributed by atoms with van der Waals surface area (Å²) in [6.45, 7) is 0. The van der Waals surface area contributed by atoms with E-state index < -0.39 is 40.4 Å². The number of benzene rings is 4. The van der Waals surface area contributed by atoms with E-state index in [-0.39, 0.29) is 17.3 Å². The number of hydrogen-bond donors (Lipinski definition) is 0. The van der Waals surface area contributed by atoms with E-state index in [4.69, 9.17) is 18.2 Å². The van der Waals surface area contributed by atoms with Crippen LogP contribution in [-0.4, -0.2) is 47.7 Å². The largest absolute Gasteiger partial charge is 0.465 e. The molecule has 0 heterocycles. The van der Waals surface area contributed by atoms with Crippen molar-refractivity contribution in [2.75, 3.05) is 21.3 Å². The van der Waals surface area contributed by atoms with E-state index in [2.05, 4.69) is 0 Å². The Kier molecular flexibility index (Phi) is 9.52. The Labute approximate surface area is 244 Å². The van der Waals surface area contributed by atoms with Crippen molar-refractivity contribution in [3.05, 3.63) is 125 Å². The molecule has 0 aliphatic rings. The lowest BCUT2D eigenvalue weighted by molar-refractivity contribution is 0.0587. The van der Waals surface area contributed by atoms with Crippen LogP contribution < -0.4 is 10.6 Å². The fraction of sp³-hybridized carbons (Fsp3) is 0.129. The molecule has 11 heteroatoms. The second kappa shape index (κ2) is 13.1. The van der Waals surface area contributed by atoms with Gasteiger partial charge in [-0.2, -0.15) is 8.42 Å². The van der Waals surface area contributed by atoms with Gasteiger partial charge < -0.3 is 14.2 Å². The summed E-state index contributed by atoms with van der Waals surface area (Å²) in [7, 11) is -4.34. The maximum absolute atomic E-state index is 14.1. The van der Waals surface area contributed by atoms with Crippen LogP contribution in [0.4, 0.5) is 0 Å². The molecular formula is C31H28O9PS+. The van der Waals surface area contributed by atoms with Gasteiger partial charge in [-0.05, 0) is 60.2 Å². The van der Waals surface area contributed by atoms with E-state index in [1.165, 1.54) is 13.2 Å². The van der Waals surface area contributed by atoms with E-state index in [9.17, 15) is 22.8 Å². The number of methoxy groups -OCH3 is 3. The number of carbonyl (C=O) groups excluding carboxylic acids is 3. The molecule has 9 nitrogen and oxygen atoms in total. The minimum atomic E-state index is -4.63. The van der Waals surface area contributed by atoms with Crippen LogP contribution in [0.15, 0.2) is 108 Å². The molecule has 0 amide bonds. The van der Waals surface area contributed by atoms with Crippen LogP contribution >= 0.6 is 7.49 Å². The molecule has 0 atom stereocenters. The Morgan fingerprint density at radius 3 is 1.45 bits per heavy atom. The third-order valence-corrected chi connectivity index (χ3v) is 12.1. The Hall–Kier alpha value is -4.37. The number of rotatable bonds is 10. The van der Waals surface area contributed by atoms with Gasteiger partial charge in [0.2, 0.25) is 7.49 Å². The molecule has 4 aromatic rings. The smallest absolute Gasteiger partial charge is 0.337 e. The Morgan fingerprint density at radius 1 is 0.595 bits per heavy atom. The normalized spacial score (nSPS) is 11.4. The van der Waals surface area contributed by atoms with Gasteiger partial charge in [0, 0.05) is 0 Å². The van der Waals surface area contributed by atoms with Crippen molar-refractivity contribution in [1.82, 2.24) is 0 Å². The summed E-state index contributed by atoms with van der Waals surface area (Å²) in [4.78, 5) is 36.4. The summed E-state index contributed by atoms with van der Waals surface area (Å²) in [5.41, 5.74) is 0.722. The van der Waals surface area contributed by atoms with Crippen molar-refractivity contribution in [3.8, 4) is 0 Å². The van der Waals surface area contributed by atoms with Crippen molar-refractivity contribution in [1.29, 1.82) is 0 Å². The molecule has 0 saturated carbocycles. The molecule has 0 aromatic heterocycles. The lowest BCUT2D eigenvalue weighted by atomic mass is 10.1. The molecule has 42 heavy (non-hydrogen) atoms. The summed E-state index contributed by atoms with van der Waals surface area (Å²) in [6.07, 6.45) is 0.141. The molecule has 216 valence electrons. The number of esters is 3. The third kappa shape index (κ3) is 6.57. The Bertz CT molecular complexity index is 1610. The van der Waals surface area contributed by atoms with Gasteiger partial charge in [0.05, 0.1) is 42.9 Å². The monoisotopic (exact) mass is 607 g/mol. The molecule has 0 fully saturated rings. The number of ether oxygens (including phenoxy) is 3. The van der Waals surface area contributed by atoms with Crippen molar-refractivity contribution < 1.29 is 41.0 Å². The molecule has 0 saturated heterocycles. The summed E-state index contributed by atoms with van der Waals surface area (Å²) < 4.78 is 48.9. The highest BCUT2D eigenvalue weighted by molar-refractivity contribution is 7.98. The fourth-order valence-electron chi connectivity index (χ4n) is 4.33. The minimum Gasteiger partial charge on any atom is -0.465 e. The maximum Gasteiger partial charge on any atom is 0.337 e. The topological polar surface area (TPSA) is 122 Å². The maximum atomic E-state index is 14.1. The van der Waals surface area contributed by atoms with Crippen molar-refractivity contribution in [2.24, 2.45) is 0 Å². The van der Waals surface area contributed by atoms with Gasteiger partial charge >= 0.3 is 28.0 Å². The molecule has 0 unspecified atom stereocenters. The second-order valence-corrected chi connectivity index (χ2v) is 13.8. The molecule has 0 aliphatic heterocycles. The summed E-state index contributed by atoms with van der Waals surface area (Å²) in [5, 5.41) is 1.27. The first-order valence-corrected chi connectivity index (χ1v) is 15.9. The van der Waals surface area contributed by atoms with Gasteiger partial charge in [0.15, 0.2) is 0 Å². The van der Waals surface area contributed by atoms with E-state index in [1.54, 1.807) is 72.8 Å². The zero-order chi connectivity index (χ0) is 30.3. The first-order chi connectivity index (χ1) is 20.1. The molecular weight excluding hydrogens is 579 g/mol. The second-order valence-electron chi connectivity index (χ2n) is 9.02. The van der Waals surface area contributed by atoms with Gasteiger partial charge in [-0.1, -0.05) is 52.5 Å². The highest BCUT2D eigenvalue weighted by atomic mass is 32.2. The molecule has 0 N–H and O–H groups in total. The molecule has 4 rings (SSSR count). The molecule has 0 aliphatic carbocycles. The third-order valence-electron chi connectivity index (χ3n) is 6.39. The average Bonchev–Trinajstić information content (AvgIpc) is 3.04. The van der Waals surface area contributed by atoms with Gasteiger partial charge in [-0.15, -0.1) is 0 Å². The van der Waals surface area contributed by atoms with Gasteiger partial charge in [-0.25, -0.2) is 14.4 Å². The van der Waals surface area contributed by atoms with Crippen LogP contribution in [0.3, 0.4) is 0 Å².